The van der Waals surface area contributed by atoms with Crippen LogP contribution in [0.5, 0.6) is 0 Å². The zero-order valence-electron chi connectivity index (χ0n) is 44.2. The molecule has 0 amide bonds. The largest absolute Gasteiger partial charge is 1.00 e. The molecule has 2 aromatic rings. The molecule has 0 aliphatic carbocycles. The van der Waals surface area contributed by atoms with Crippen LogP contribution in [-0.4, -0.2) is 120 Å². The minimum Gasteiger partial charge on any atom is 1.00 e. The van der Waals surface area contributed by atoms with Crippen LogP contribution < -0.4 is 29.5 Å². The molecule has 0 aromatic heterocycles. The van der Waals surface area contributed by atoms with Crippen molar-refractivity contribution in [2.45, 2.75) is 157 Å². The van der Waals surface area contributed by atoms with Gasteiger partial charge in [-0.25, -0.2) is 0 Å². The smallest absolute Gasteiger partial charge is 1.00 e. The van der Waals surface area contributed by atoms with Gasteiger partial charge in [0.05, 0.1) is 106 Å². The number of hydrogen-bond acceptors (Lipinski definition) is 8. The Morgan fingerprint density at radius 2 is 0.547 bits per heavy atom. The van der Waals surface area contributed by atoms with Crippen LogP contribution in [0, 0.1) is 0 Å². The Morgan fingerprint density at radius 3 is 0.734 bits per heavy atom. The summed E-state index contributed by atoms with van der Waals surface area (Å²) < 4.78 is 41.7. The number of rotatable bonds is 3. The van der Waals surface area contributed by atoms with Gasteiger partial charge >= 0.3 is 272 Å². The third-order valence-corrected chi connectivity index (χ3v) is 18.4. The normalized spacial score (nSPS) is 18.0. The Hall–Kier alpha value is 0.00584. The van der Waals surface area contributed by atoms with Gasteiger partial charge < -0.3 is 37.9 Å². The maximum absolute atomic E-state index is 5.22. The number of benzene rings is 2. The van der Waals surface area contributed by atoms with Gasteiger partial charge in [0, 0.05) is 0 Å². The standard InChI is InChI=1S/C36H58AsP2.2C8H16O4.Li/c1-31(2,3)23-19-25(33(7,8)9)29(26(20-23)34(10,11)12)38-37-39-30-27(35(13,14)15)21-24(32(4,5)6)22-28(30)36(16,17)18;2*1-2-10-5-6-12-8-7-11-4-3-9-1;/h19-22H,1-18H3;2*1-8H2;/q-1;;;+1. The van der Waals surface area contributed by atoms with Crippen LogP contribution >= 0.6 is 13.8 Å². The molecule has 0 N–H and O–H groups in total. The summed E-state index contributed by atoms with van der Waals surface area (Å²) in [6.45, 7) is 54.7. The van der Waals surface area contributed by atoms with Crippen LogP contribution in [0.2, 0.25) is 0 Å². The zero-order valence-corrected chi connectivity index (χ0v) is 47.9. The average Bonchev–Trinajstić information content (AvgIpc) is 3.13. The number of hydrogen-bond donors (Lipinski definition) is 0. The molecule has 2 fully saturated rings. The van der Waals surface area contributed by atoms with Crippen LogP contribution in [0.1, 0.15) is 158 Å². The monoisotopic (exact) mass is 987 g/mol. The molecule has 2 aliphatic rings. The van der Waals surface area contributed by atoms with E-state index in [1.165, 1.54) is 25.0 Å². The van der Waals surface area contributed by atoms with Crippen LogP contribution in [0.3, 0.4) is 0 Å². The van der Waals surface area contributed by atoms with Gasteiger partial charge in [-0.2, -0.15) is 0 Å². The Bertz CT molecular complexity index is 1460. The molecule has 0 bridgehead atoms. The van der Waals surface area contributed by atoms with E-state index in [2.05, 4.69) is 149 Å². The van der Waals surface area contributed by atoms with Crippen LogP contribution in [-0.2, 0) is 70.4 Å². The first kappa shape index (κ1) is 62.0. The third-order valence-electron chi connectivity index (χ3n) is 10.4. The SMILES string of the molecule is C1COCCOCCOCCO1.C1COCCOCCOCCO1.CC(C)(C)c1cc(C(C)(C)C)c(P=[As][P-]c2c(C(C)(C)C)cc(C(C)(C)C)cc2C(C)(C)C)c(C(C)(C)C)c1.[Li+]. The summed E-state index contributed by atoms with van der Waals surface area (Å²) in [7, 11) is 1.53. The fraction of sp³-hybridized carbons (Fsp3) is 0.769. The summed E-state index contributed by atoms with van der Waals surface area (Å²) in [5.41, 5.74) is 9.84. The van der Waals surface area contributed by atoms with E-state index in [1.807, 2.05) is 0 Å². The molecule has 2 aromatic carbocycles. The second-order valence-electron chi connectivity index (χ2n) is 22.5. The fourth-order valence-corrected chi connectivity index (χ4v) is 16.4. The Kier molecular flexibility index (Phi) is 28.3. The topological polar surface area (TPSA) is 73.8 Å². The molecule has 2 heterocycles. The first-order valence-corrected chi connectivity index (χ1v) is 30.0. The summed E-state index contributed by atoms with van der Waals surface area (Å²) in [5.74, 6) is 0. The van der Waals surface area contributed by atoms with Gasteiger partial charge in [-0.3, -0.25) is 0 Å². The minimum absolute atomic E-state index is 0. The van der Waals surface area contributed by atoms with Gasteiger partial charge in [0.1, 0.15) is 0 Å². The van der Waals surface area contributed by atoms with Gasteiger partial charge in [-0.15, -0.1) is 0 Å². The summed E-state index contributed by atoms with van der Waals surface area (Å²) in [5, 5.41) is 3.19. The zero-order chi connectivity index (χ0) is 47.5. The molecule has 4 rings (SSSR count). The summed E-state index contributed by atoms with van der Waals surface area (Å²) >= 11 is 0.0573. The molecular weight excluding hydrogens is 896 g/mol. The molecule has 2 aliphatic heterocycles. The van der Waals surface area contributed by atoms with Crippen molar-refractivity contribution in [3.05, 3.63) is 57.6 Å². The second kappa shape index (κ2) is 29.2. The van der Waals surface area contributed by atoms with Gasteiger partial charge in [0.2, 0.25) is 0 Å². The second-order valence-corrected chi connectivity index (χ2v) is 30.4. The van der Waals surface area contributed by atoms with Crippen molar-refractivity contribution in [2.75, 3.05) is 106 Å². The predicted molar refractivity (Wildman–Crippen MR) is 270 cm³/mol. The van der Waals surface area contributed by atoms with Gasteiger partial charge in [-0.1, -0.05) is 0 Å². The van der Waals surface area contributed by atoms with Crippen molar-refractivity contribution in [2.24, 2.45) is 0 Å². The van der Waals surface area contributed by atoms with Gasteiger partial charge in [0.15, 0.2) is 0 Å². The van der Waals surface area contributed by atoms with E-state index >= 15 is 0 Å². The predicted octanol–water partition coefficient (Wildman–Crippen LogP) is 7.99. The van der Waals surface area contributed by atoms with Crippen LogP contribution in [0.15, 0.2) is 24.3 Å². The van der Waals surface area contributed by atoms with Crippen molar-refractivity contribution in [3.63, 3.8) is 0 Å². The maximum atomic E-state index is 5.22. The molecule has 8 nitrogen and oxygen atoms in total. The summed E-state index contributed by atoms with van der Waals surface area (Å²) in [4.78, 5) is 0. The van der Waals surface area contributed by atoms with Gasteiger partial charge in [-0.05, 0) is 0 Å². The molecule has 362 valence electrons. The third kappa shape index (κ3) is 24.0. The molecule has 0 saturated carbocycles. The van der Waals surface area contributed by atoms with E-state index in [0.717, 1.165) is 0 Å². The minimum atomic E-state index is 0. The van der Waals surface area contributed by atoms with Crippen molar-refractivity contribution < 1.29 is 56.8 Å². The Morgan fingerprint density at radius 1 is 0.344 bits per heavy atom. The van der Waals surface area contributed by atoms with Crippen molar-refractivity contribution in [3.8, 4) is 0 Å². The summed E-state index contributed by atoms with van der Waals surface area (Å²) in [6.07, 6.45) is 0. The summed E-state index contributed by atoms with van der Waals surface area (Å²) in [6, 6.07) is 10.1. The molecule has 0 spiro atoms. The van der Waals surface area contributed by atoms with E-state index in [9.17, 15) is 0 Å². The first-order chi connectivity index (χ1) is 29.1. The van der Waals surface area contributed by atoms with Crippen LogP contribution in [0.4, 0.5) is 0 Å². The molecule has 12 heteroatoms. The van der Waals surface area contributed by atoms with E-state index in [1.54, 1.807) is 32.9 Å². The van der Waals surface area contributed by atoms with E-state index in [0.29, 0.717) is 106 Å². The quantitative estimate of drug-likeness (QED) is 0.227. The molecule has 64 heavy (non-hydrogen) atoms. The average molecular weight is 987 g/mol. The van der Waals surface area contributed by atoms with E-state index in [-0.39, 0.29) is 65.7 Å². The van der Waals surface area contributed by atoms with E-state index < -0.39 is 0 Å². The molecule has 2 saturated heterocycles. The van der Waals surface area contributed by atoms with Crippen LogP contribution in [0.25, 0.3) is 0 Å². The van der Waals surface area contributed by atoms with E-state index in [4.69, 9.17) is 37.9 Å². The van der Waals surface area contributed by atoms with Crippen molar-refractivity contribution in [1.82, 2.24) is 0 Å². The Labute approximate surface area is 413 Å². The van der Waals surface area contributed by atoms with Gasteiger partial charge in [0.25, 0.3) is 0 Å². The number of ether oxygens (including phenoxy) is 8. The Balaban J connectivity index is 0.000000660. The van der Waals surface area contributed by atoms with Crippen molar-refractivity contribution >= 4 is 38.8 Å². The first-order valence-electron chi connectivity index (χ1n) is 23.3. The molecular formula is C52H90AsLiO8P2. The van der Waals surface area contributed by atoms with Crippen molar-refractivity contribution in [1.29, 1.82) is 0 Å². The maximum Gasteiger partial charge on any atom is 1.00 e. The molecule has 0 atom stereocenters. The fourth-order valence-electron chi connectivity index (χ4n) is 6.51. The molecule has 0 unspecified atom stereocenters. The molecule has 0 radical (unpaired) electrons.